The van der Waals surface area contributed by atoms with Gasteiger partial charge in [0.1, 0.15) is 11.5 Å². The molecular weight excluding hydrogens is 671 g/mol. The van der Waals surface area contributed by atoms with Gasteiger partial charge in [-0.25, -0.2) is 13.0 Å². The summed E-state index contributed by atoms with van der Waals surface area (Å²) in [5.41, 5.74) is 8.91. The Balaban J connectivity index is 0.000000345. The molecule has 0 aliphatic heterocycles. The maximum absolute atomic E-state index is 11.8. The van der Waals surface area contributed by atoms with E-state index < -0.39 is 16.5 Å². The molecule has 2 aromatic heterocycles. The van der Waals surface area contributed by atoms with Gasteiger partial charge in [-0.3, -0.25) is 18.1 Å². The van der Waals surface area contributed by atoms with Crippen LogP contribution in [0, 0.1) is 28.6 Å². The van der Waals surface area contributed by atoms with Gasteiger partial charge in [-0.1, -0.05) is 57.2 Å². The molecule has 2 saturated carbocycles. The van der Waals surface area contributed by atoms with Gasteiger partial charge in [0.05, 0.1) is 20.2 Å². The lowest BCUT2D eigenvalue weighted by atomic mass is 9.48. The quantitative estimate of drug-likeness (QED) is 0.0709. The SMILES string of the molecule is C/C(=C\Cc1cc(O)ccc1O)CCC[C@@H](C)[C@@H](C[C@H]1CCCC2C(C)(C)CCC[C@@]21C)OS(=O)(=O)[O-].Cn1c(N)nc2c(c1=O)n(C)c[n+]2C. The monoisotopic (exact) mass is 729 g/mol. The number of aromatic nitrogens is 4. The summed E-state index contributed by atoms with van der Waals surface area (Å²) in [6.07, 6.45) is 13.9. The summed E-state index contributed by atoms with van der Waals surface area (Å²) < 4.78 is 45.1. The van der Waals surface area contributed by atoms with E-state index in [2.05, 4.69) is 25.8 Å². The van der Waals surface area contributed by atoms with E-state index in [0.29, 0.717) is 41.4 Å². The van der Waals surface area contributed by atoms with Crippen molar-refractivity contribution < 1.29 is 31.9 Å². The third-order valence-corrected chi connectivity index (χ3v) is 12.4. The van der Waals surface area contributed by atoms with Crippen molar-refractivity contribution >= 4 is 27.5 Å². The van der Waals surface area contributed by atoms with Crippen LogP contribution in [0.4, 0.5) is 5.95 Å². The number of rotatable bonds is 11. The molecule has 0 bridgehead atoms. The second kappa shape index (κ2) is 16.1. The van der Waals surface area contributed by atoms with Gasteiger partial charge in [0.25, 0.3) is 5.95 Å². The second-order valence-corrected chi connectivity index (χ2v) is 17.1. The molecule has 4 N–H and O–H groups in total. The molecule has 0 saturated heterocycles. The molecule has 5 rings (SSSR count). The fourth-order valence-corrected chi connectivity index (χ4v) is 9.56. The summed E-state index contributed by atoms with van der Waals surface area (Å²) in [4.78, 5) is 15.9. The van der Waals surface area contributed by atoms with Crippen LogP contribution in [0.2, 0.25) is 0 Å². The standard InChI is InChI=1S/C30H48O6S.C8H11N5O/c1-21(13-14-23-19-25(31)15-16-26(23)32)9-6-10-22(2)27(36-37(33,34)35)20-24-11-7-12-28-29(3,4)17-8-18-30(24,28)5;1-11-4-12(2)6-5(11)7(14)13(3)8(9)10-6/h13,15-16,19,22,24,27-28,31-32H,6-12,14,17-18,20H2,1-5H3,(H,33,34,35);4H,1-3H3,(H-,9,10,14)/b21-13+;/t22-,24-,27-,28?,30-;/m1./s1. The minimum atomic E-state index is -4.78. The molecule has 1 aromatic carbocycles. The van der Waals surface area contributed by atoms with Gasteiger partial charge in [0.15, 0.2) is 6.33 Å². The average Bonchev–Trinajstić information content (AvgIpc) is 3.32. The highest BCUT2D eigenvalue weighted by Crippen LogP contribution is 2.61. The number of fused-ring (bicyclic) bond motifs is 2. The van der Waals surface area contributed by atoms with Crippen molar-refractivity contribution in [2.75, 3.05) is 5.73 Å². The van der Waals surface area contributed by atoms with Crippen LogP contribution in [0.25, 0.3) is 11.2 Å². The predicted octanol–water partition coefficient (Wildman–Crippen LogP) is 5.94. The molecule has 0 radical (unpaired) electrons. The Kier molecular flexibility index (Phi) is 12.7. The van der Waals surface area contributed by atoms with E-state index in [9.17, 15) is 28.0 Å². The van der Waals surface area contributed by atoms with E-state index >= 15 is 0 Å². The summed E-state index contributed by atoms with van der Waals surface area (Å²) in [5.74, 6) is 1.44. The number of imidazole rings is 1. The highest BCUT2D eigenvalue weighted by Gasteiger charge is 2.52. The molecule has 5 atom stereocenters. The number of phenolic OH excluding ortho intramolecular Hbond substituents is 2. The minimum Gasteiger partial charge on any atom is -0.726 e. The zero-order valence-electron chi connectivity index (χ0n) is 31.7. The molecule has 0 amide bonds. The highest BCUT2D eigenvalue weighted by molar-refractivity contribution is 7.80. The molecule has 2 heterocycles. The lowest BCUT2D eigenvalue weighted by molar-refractivity contribution is -0.647. The predicted molar refractivity (Wildman–Crippen MR) is 198 cm³/mol. The molecule has 1 unspecified atom stereocenters. The Morgan fingerprint density at radius 1 is 1.20 bits per heavy atom. The van der Waals surface area contributed by atoms with Gasteiger partial charge in [0.2, 0.25) is 15.9 Å². The van der Waals surface area contributed by atoms with E-state index in [1.165, 1.54) is 36.0 Å². The Morgan fingerprint density at radius 3 is 2.59 bits per heavy atom. The third-order valence-electron chi connectivity index (χ3n) is 11.9. The summed E-state index contributed by atoms with van der Waals surface area (Å²) in [5, 5.41) is 19.6. The second-order valence-electron chi connectivity index (χ2n) is 16.1. The minimum absolute atomic E-state index is 0.0489. The van der Waals surface area contributed by atoms with Crippen LogP contribution in [-0.4, -0.2) is 43.4 Å². The molecule has 3 aromatic rings. The van der Waals surface area contributed by atoms with E-state index in [0.717, 1.165) is 44.1 Å². The highest BCUT2D eigenvalue weighted by atomic mass is 32.3. The molecule has 2 aliphatic rings. The van der Waals surface area contributed by atoms with Gasteiger partial charge in [-0.2, -0.15) is 0 Å². The van der Waals surface area contributed by atoms with Crippen LogP contribution in [0.15, 0.2) is 41.0 Å². The molecular formula is C38H59N5O7S. The van der Waals surface area contributed by atoms with Crippen molar-refractivity contribution in [1.29, 1.82) is 0 Å². The van der Waals surface area contributed by atoms with Crippen molar-refractivity contribution in [1.82, 2.24) is 14.1 Å². The number of anilines is 1. The number of allylic oxidation sites excluding steroid dienone is 2. The molecule has 12 nitrogen and oxygen atoms in total. The van der Waals surface area contributed by atoms with Gasteiger partial charge in [-0.05, 0) is 111 Å². The van der Waals surface area contributed by atoms with Crippen molar-refractivity contribution in [3.05, 3.63) is 52.1 Å². The van der Waals surface area contributed by atoms with Crippen molar-refractivity contribution in [3.63, 3.8) is 0 Å². The first-order valence-corrected chi connectivity index (χ1v) is 19.5. The van der Waals surface area contributed by atoms with Gasteiger partial charge < -0.3 is 20.5 Å². The number of nitrogens with zero attached hydrogens (tertiary/aromatic N) is 4. The van der Waals surface area contributed by atoms with Crippen molar-refractivity contribution in [2.45, 2.75) is 111 Å². The molecule has 13 heteroatoms. The Bertz CT molecular complexity index is 1880. The summed E-state index contributed by atoms with van der Waals surface area (Å²) in [6, 6.07) is 4.51. The van der Waals surface area contributed by atoms with Crippen LogP contribution in [-0.2, 0) is 42.1 Å². The number of hydrogen-bond acceptors (Lipinski definition) is 9. The average molecular weight is 730 g/mol. The molecule has 2 aliphatic carbocycles. The smallest absolute Gasteiger partial charge is 0.311 e. The number of aryl methyl sites for hydroxylation is 2. The summed E-state index contributed by atoms with van der Waals surface area (Å²) in [7, 11) is 0.458. The zero-order chi connectivity index (χ0) is 37.9. The maximum Gasteiger partial charge on any atom is 0.311 e. The maximum atomic E-state index is 11.8. The largest absolute Gasteiger partial charge is 0.726 e. The van der Waals surface area contributed by atoms with Crippen molar-refractivity contribution in [3.8, 4) is 11.5 Å². The number of phenols is 2. The molecule has 0 spiro atoms. The van der Waals surface area contributed by atoms with E-state index in [1.807, 2.05) is 34.0 Å². The number of nitrogens with two attached hydrogens (primary N) is 1. The first-order valence-electron chi connectivity index (χ1n) is 18.2. The van der Waals surface area contributed by atoms with Gasteiger partial charge in [0, 0.05) is 12.6 Å². The van der Waals surface area contributed by atoms with Crippen molar-refractivity contribution in [2.24, 2.45) is 49.7 Å². The topological polar surface area (TPSA) is 177 Å². The normalized spacial score (nSPS) is 23.3. The first-order chi connectivity index (χ1) is 23.7. The van der Waals surface area contributed by atoms with E-state index in [-0.39, 0.29) is 39.8 Å². The summed E-state index contributed by atoms with van der Waals surface area (Å²) in [6.45, 7) is 11.2. The first kappa shape index (κ1) is 40.4. The fourth-order valence-electron chi connectivity index (χ4n) is 8.99. The van der Waals surface area contributed by atoms with Gasteiger partial charge in [-0.15, -0.1) is 0 Å². The van der Waals surface area contributed by atoms with Crippen LogP contribution >= 0.6 is 0 Å². The Hall–Kier alpha value is -3.42. The van der Waals surface area contributed by atoms with E-state index in [4.69, 9.17) is 9.92 Å². The molecule has 51 heavy (non-hydrogen) atoms. The number of nitrogen functional groups attached to an aromatic ring is 1. The summed E-state index contributed by atoms with van der Waals surface area (Å²) >= 11 is 0. The zero-order valence-corrected chi connectivity index (χ0v) is 32.5. The Labute approximate surface area is 303 Å². The number of hydrogen-bond donors (Lipinski definition) is 3. The number of benzene rings is 1. The third kappa shape index (κ3) is 9.72. The Morgan fingerprint density at radius 2 is 1.90 bits per heavy atom. The fraction of sp³-hybridized carbons (Fsp3) is 0.658. The van der Waals surface area contributed by atoms with Crippen LogP contribution in [0.1, 0.15) is 104 Å². The van der Waals surface area contributed by atoms with Crippen LogP contribution in [0.5, 0.6) is 11.5 Å². The molecule has 284 valence electrons. The van der Waals surface area contributed by atoms with Crippen LogP contribution in [0.3, 0.4) is 0 Å². The van der Waals surface area contributed by atoms with Gasteiger partial charge >= 0.3 is 11.2 Å². The number of aromatic hydroxyl groups is 2. The lowest BCUT2D eigenvalue weighted by Crippen LogP contribution is -2.50. The van der Waals surface area contributed by atoms with E-state index in [1.54, 1.807) is 28.6 Å². The van der Waals surface area contributed by atoms with Crippen LogP contribution < -0.4 is 15.9 Å². The molecule has 2 fully saturated rings. The lowest BCUT2D eigenvalue weighted by Gasteiger charge is -2.58.